The number of nitrogens with one attached hydrogen (secondary N) is 3. The van der Waals surface area contributed by atoms with Crippen molar-refractivity contribution >= 4 is 39.7 Å². The molecule has 0 saturated carbocycles. The highest BCUT2D eigenvalue weighted by molar-refractivity contribution is 5.90. The lowest BCUT2D eigenvalue weighted by Gasteiger charge is -2.36. The molecule has 2 aromatic heterocycles. The number of H-pyrrole nitrogens is 2. The first-order valence-corrected chi connectivity index (χ1v) is 12.4. The summed E-state index contributed by atoms with van der Waals surface area (Å²) in [5, 5.41) is 2.21. The quantitative estimate of drug-likeness (QED) is 0.187. The highest BCUT2D eigenvalue weighted by Gasteiger charge is 2.56. The molecule has 5 nitrogen and oxygen atoms in total. The first-order chi connectivity index (χ1) is 18.2. The number of hydrogen-bond acceptors (Lipinski definition) is 2. The average Bonchev–Trinajstić information content (AvgIpc) is 3.68. The summed E-state index contributed by atoms with van der Waals surface area (Å²) in [5.74, 6) is 1.81. The molecule has 4 aromatic carbocycles. The Balaban J connectivity index is 1.56. The van der Waals surface area contributed by atoms with Gasteiger partial charge in [-0.2, -0.15) is 0 Å². The molecule has 6 aromatic rings. The third kappa shape index (κ3) is 3.15. The van der Waals surface area contributed by atoms with E-state index >= 15 is 0 Å². The molecule has 37 heavy (non-hydrogen) atoms. The van der Waals surface area contributed by atoms with Crippen molar-refractivity contribution < 1.29 is 4.79 Å². The van der Waals surface area contributed by atoms with Crippen LogP contribution in [0.25, 0.3) is 21.8 Å². The van der Waals surface area contributed by atoms with E-state index in [4.69, 9.17) is 0 Å². The van der Waals surface area contributed by atoms with Gasteiger partial charge in [0, 0.05) is 22.9 Å². The first kappa shape index (κ1) is 21.6. The van der Waals surface area contributed by atoms with Crippen molar-refractivity contribution in [2.45, 2.75) is 5.54 Å². The number of rotatable bonds is 5. The number of nitrogens with zero attached hydrogens (tertiary/aromatic N) is 1. The van der Waals surface area contributed by atoms with Crippen molar-refractivity contribution in [1.29, 1.82) is 0 Å². The molecule has 7 rings (SSSR count). The number of para-hydroxylation sites is 2. The van der Waals surface area contributed by atoms with E-state index in [9.17, 15) is 4.79 Å². The summed E-state index contributed by atoms with van der Waals surface area (Å²) in [6, 6.07) is 41.1. The summed E-state index contributed by atoms with van der Waals surface area (Å²) >= 11 is 0. The van der Waals surface area contributed by atoms with E-state index in [-0.39, 0.29) is 4.59 Å². The van der Waals surface area contributed by atoms with E-state index < -0.39 is 5.54 Å². The molecule has 3 heterocycles. The smallest absolute Gasteiger partial charge is 0.237 e. The Kier molecular flexibility index (Phi) is 4.76. The molecule has 0 aliphatic carbocycles. The lowest BCUT2D eigenvalue weighted by molar-refractivity contribution is -0.105. The lowest BCUT2D eigenvalue weighted by atomic mass is 9.79. The van der Waals surface area contributed by atoms with Crippen molar-refractivity contribution in [3.8, 4) is 0 Å². The van der Waals surface area contributed by atoms with Crippen LogP contribution in [0.3, 0.4) is 0 Å². The van der Waals surface area contributed by atoms with Gasteiger partial charge in [-0.25, -0.2) is 0 Å². The number of aromatic nitrogens is 2. The van der Waals surface area contributed by atoms with Crippen LogP contribution in [0.1, 0.15) is 11.1 Å². The maximum atomic E-state index is 12.9. The minimum absolute atomic E-state index is 0.112. The fraction of sp³-hybridized carbons (Fsp3) is 0.0312. The van der Waals surface area contributed by atoms with E-state index in [1.165, 1.54) is 0 Å². The normalized spacial score (nSPS) is 16.2. The number of hydrogen-bond donors (Lipinski definition) is 3. The molecule has 1 aliphatic heterocycles. The Hall–Kier alpha value is -4.71. The summed E-state index contributed by atoms with van der Waals surface area (Å²) in [5.41, 5.74) is 7.77. The van der Waals surface area contributed by atoms with E-state index in [0.717, 1.165) is 50.9 Å². The van der Waals surface area contributed by atoms with Crippen LogP contribution in [0.5, 0.6) is 0 Å². The number of carbonyl (C=O) groups is 1. The number of carbonyl (C=O) groups excluding carboxylic acids is 1. The van der Waals surface area contributed by atoms with Crippen LogP contribution in [0, 0.1) is 0 Å². The van der Waals surface area contributed by atoms with Crippen molar-refractivity contribution in [1.82, 2.24) is 20.0 Å². The number of fused-ring (bicyclic) bond motifs is 2. The maximum Gasteiger partial charge on any atom is 0.237 e. The van der Waals surface area contributed by atoms with Gasteiger partial charge >= 0.3 is 0 Å². The van der Waals surface area contributed by atoms with E-state index in [0.29, 0.717) is 5.57 Å². The van der Waals surface area contributed by atoms with E-state index in [2.05, 4.69) is 76.1 Å². The van der Waals surface area contributed by atoms with Crippen LogP contribution < -0.4 is 10.0 Å². The van der Waals surface area contributed by atoms with Gasteiger partial charge in [-0.3, -0.25) is 4.79 Å². The predicted molar refractivity (Wildman–Crippen MR) is 149 cm³/mol. The molecule has 3 N–H and O–H groups in total. The van der Waals surface area contributed by atoms with Crippen molar-refractivity contribution in [2.24, 2.45) is 0 Å². The Morgan fingerprint density at radius 3 is 1.51 bits per heavy atom. The van der Waals surface area contributed by atoms with Gasteiger partial charge in [0.15, 0.2) is 11.8 Å². The van der Waals surface area contributed by atoms with Crippen LogP contribution >= 0.6 is 0 Å². The summed E-state index contributed by atoms with van der Waals surface area (Å²) < 4.78 is 0.112. The minimum atomic E-state index is -0.876. The Morgan fingerprint density at radius 1 is 0.595 bits per heavy atom. The molecular weight excluding hydrogens is 456 g/mol. The Bertz CT molecular complexity index is 1600. The van der Waals surface area contributed by atoms with Gasteiger partial charge in [-0.1, -0.05) is 97.1 Å². The molecule has 0 unspecified atom stereocenters. The molecule has 0 bridgehead atoms. The standard InChI is InChI=1S/C32H25N4O/c37-22-27-21-36(30-19-23-11-7-9-17-28(23)33-30,31-20-24-12-8-10-18-29(24)34-31)35-32(27,25-13-3-1-4-14-25)26-15-5-2-6-16-26/h1-22,33-35H/q+1. The van der Waals surface area contributed by atoms with Crippen LogP contribution in [0.15, 0.2) is 133 Å². The van der Waals surface area contributed by atoms with Crippen LogP contribution in [0.2, 0.25) is 0 Å². The fourth-order valence-electron chi connectivity index (χ4n) is 5.68. The second-order valence-electron chi connectivity index (χ2n) is 9.50. The monoisotopic (exact) mass is 481 g/mol. The largest absolute Gasteiger partial charge is 0.308 e. The number of quaternary nitrogens is 1. The number of benzene rings is 4. The maximum absolute atomic E-state index is 12.9. The molecule has 0 atom stereocenters. The van der Waals surface area contributed by atoms with E-state index in [1.54, 1.807) is 0 Å². The fourth-order valence-corrected chi connectivity index (χ4v) is 5.68. The summed E-state index contributed by atoms with van der Waals surface area (Å²) in [6.45, 7) is 0. The SMILES string of the molecule is O=CC1=C[N+](c2cc3ccccc3[nH]2)(c2cc3ccccc3[nH]2)NC1(c1ccccc1)c1ccccc1. The lowest BCUT2D eigenvalue weighted by Crippen LogP contribution is -2.57. The van der Waals surface area contributed by atoms with Gasteiger partial charge < -0.3 is 9.97 Å². The minimum Gasteiger partial charge on any atom is -0.308 e. The molecule has 0 spiro atoms. The second kappa shape index (κ2) is 8.17. The zero-order valence-electron chi connectivity index (χ0n) is 20.1. The molecule has 1 aliphatic rings. The van der Waals surface area contributed by atoms with Crippen LogP contribution in [-0.4, -0.2) is 16.3 Å². The van der Waals surface area contributed by atoms with Gasteiger partial charge in [0.2, 0.25) is 11.6 Å². The van der Waals surface area contributed by atoms with Crippen molar-refractivity contribution in [2.75, 3.05) is 0 Å². The average molecular weight is 482 g/mol. The van der Waals surface area contributed by atoms with Gasteiger partial charge in [-0.05, 0) is 23.3 Å². The third-order valence-electron chi connectivity index (χ3n) is 7.44. The Labute approximate surface area is 214 Å². The molecule has 0 amide bonds. The zero-order valence-corrected chi connectivity index (χ0v) is 20.1. The predicted octanol–water partition coefficient (Wildman–Crippen LogP) is 6.83. The molecule has 0 saturated heterocycles. The molecule has 5 heteroatoms. The topological polar surface area (TPSA) is 60.7 Å². The summed E-state index contributed by atoms with van der Waals surface area (Å²) in [4.78, 5) is 20.2. The highest BCUT2D eigenvalue weighted by Crippen LogP contribution is 2.48. The summed E-state index contributed by atoms with van der Waals surface area (Å²) in [6.07, 6.45) is 3.01. The molecular formula is C32H25N4O+. The van der Waals surface area contributed by atoms with Gasteiger partial charge in [0.25, 0.3) is 0 Å². The number of aldehydes is 1. The van der Waals surface area contributed by atoms with Crippen molar-refractivity contribution in [3.63, 3.8) is 0 Å². The van der Waals surface area contributed by atoms with Gasteiger partial charge in [0.05, 0.1) is 16.6 Å². The molecule has 0 fully saturated rings. The van der Waals surface area contributed by atoms with Crippen LogP contribution in [0.4, 0.5) is 11.6 Å². The highest BCUT2D eigenvalue weighted by atomic mass is 16.1. The van der Waals surface area contributed by atoms with Gasteiger partial charge in [-0.15, -0.1) is 10.0 Å². The van der Waals surface area contributed by atoms with Crippen LogP contribution in [-0.2, 0) is 10.3 Å². The first-order valence-electron chi connectivity index (χ1n) is 12.4. The zero-order chi connectivity index (χ0) is 24.9. The van der Waals surface area contributed by atoms with Crippen molar-refractivity contribution in [3.05, 3.63) is 144 Å². The second-order valence-corrected chi connectivity index (χ2v) is 9.50. The third-order valence-corrected chi connectivity index (χ3v) is 7.44. The molecule has 0 radical (unpaired) electrons. The van der Waals surface area contributed by atoms with E-state index in [1.807, 2.05) is 66.9 Å². The number of aromatic amines is 2. The molecule has 178 valence electrons. The van der Waals surface area contributed by atoms with Gasteiger partial charge in [0.1, 0.15) is 6.20 Å². The summed E-state index contributed by atoms with van der Waals surface area (Å²) in [7, 11) is 0. The Morgan fingerprint density at radius 2 is 1.05 bits per heavy atom.